The number of likely N-dealkylation sites (tertiary alicyclic amines) is 2. The Hall–Kier alpha value is -4.98. The maximum Gasteiger partial charge on any atom is 0.414 e. The van der Waals surface area contributed by atoms with Gasteiger partial charge >= 0.3 is 23.9 Å². The molecule has 0 radical (unpaired) electrons. The molecule has 272 valence electrons. The van der Waals surface area contributed by atoms with Crippen LogP contribution in [0.25, 0.3) is 20.5 Å². The van der Waals surface area contributed by atoms with Crippen LogP contribution in [-0.2, 0) is 25.6 Å². The van der Waals surface area contributed by atoms with Crippen molar-refractivity contribution in [1.82, 2.24) is 9.80 Å². The van der Waals surface area contributed by atoms with Gasteiger partial charge in [-0.05, 0) is 123 Å². The molecule has 6 rings (SSSR count). The molecule has 3 heterocycles. The Morgan fingerprint density at radius 3 is 1.53 bits per heavy atom. The van der Waals surface area contributed by atoms with Crippen LogP contribution in [0.4, 0.5) is 0 Å². The van der Waals surface area contributed by atoms with Crippen LogP contribution < -0.4 is 9.47 Å². The van der Waals surface area contributed by atoms with Gasteiger partial charge in [-0.15, -0.1) is 11.3 Å². The third-order valence-corrected chi connectivity index (χ3v) is 9.75. The van der Waals surface area contributed by atoms with Gasteiger partial charge in [-0.3, -0.25) is 9.80 Å². The van der Waals surface area contributed by atoms with Crippen molar-refractivity contribution in [3.8, 4) is 21.9 Å². The minimum Gasteiger partial charge on any atom is -0.492 e. The molecule has 0 bridgehead atoms. The number of thiophene rings is 1. The second-order valence-electron chi connectivity index (χ2n) is 12.1. The molecule has 51 heavy (non-hydrogen) atoms. The van der Waals surface area contributed by atoms with Crippen LogP contribution in [0.1, 0.15) is 43.2 Å². The van der Waals surface area contributed by atoms with Crippen molar-refractivity contribution < 1.29 is 49.1 Å². The summed E-state index contributed by atoms with van der Waals surface area (Å²) in [5, 5.41) is 30.9. The van der Waals surface area contributed by atoms with Gasteiger partial charge in [-0.2, -0.15) is 0 Å². The summed E-state index contributed by atoms with van der Waals surface area (Å²) in [6, 6.07) is 26.2. The normalized spacial score (nSPS) is 14.4. The highest BCUT2D eigenvalue weighted by Gasteiger charge is 2.16. The van der Waals surface area contributed by atoms with Gasteiger partial charge in [-0.1, -0.05) is 36.8 Å². The summed E-state index contributed by atoms with van der Waals surface area (Å²) in [7, 11) is 0. The maximum absolute atomic E-state index is 9.10. The first-order chi connectivity index (χ1) is 24.6. The predicted molar refractivity (Wildman–Crippen MR) is 194 cm³/mol. The number of fused-ring (bicyclic) bond motifs is 1. The van der Waals surface area contributed by atoms with Crippen molar-refractivity contribution in [2.45, 2.75) is 38.5 Å². The van der Waals surface area contributed by atoms with E-state index in [1.807, 2.05) is 11.3 Å². The zero-order valence-corrected chi connectivity index (χ0v) is 29.2. The van der Waals surface area contributed by atoms with Gasteiger partial charge in [-0.25, -0.2) is 19.2 Å². The number of nitrogens with zero attached hydrogens (tertiary/aromatic N) is 2. The number of hydrogen-bond acceptors (Lipinski definition) is 9. The van der Waals surface area contributed by atoms with Crippen molar-refractivity contribution in [2.75, 3.05) is 52.5 Å². The molecule has 3 aromatic carbocycles. The quantitative estimate of drug-likeness (QED) is 0.137. The van der Waals surface area contributed by atoms with Crippen LogP contribution in [0.3, 0.4) is 0 Å². The molecule has 2 aliphatic rings. The average Bonchev–Trinajstić information content (AvgIpc) is 3.79. The molecule has 0 atom stereocenters. The first-order valence-electron chi connectivity index (χ1n) is 16.9. The van der Waals surface area contributed by atoms with Gasteiger partial charge in [0.1, 0.15) is 24.7 Å². The summed E-state index contributed by atoms with van der Waals surface area (Å²) in [5.41, 5.74) is 3.97. The lowest BCUT2D eigenvalue weighted by molar-refractivity contribution is -0.159. The van der Waals surface area contributed by atoms with Gasteiger partial charge in [0.25, 0.3) is 0 Å². The van der Waals surface area contributed by atoms with E-state index in [-0.39, 0.29) is 0 Å². The zero-order chi connectivity index (χ0) is 36.6. The number of rotatable bonds is 11. The second kappa shape index (κ2) is 20.0. The molecule has 0 spiro atoms. The third kappa shape index (κ3) is 12.7. The summed E-state index contributed by atoms with van der Waals surface area (Å²) in [5.74, 6) is -5.38. The second-order valence-corrected chi connectivity index (χ2v) is 13.2. The first kappa shape index (κ1) is 38.8. The highest BCUT2D eigenvalue weighted by molar-refractivity contribution is 7.22. The topological polar surface area (TPSA) is 174 Å². The Bertz CT molecular complexity index is 1680. The molecule has 0 aliphatic carbocycles. The van der Waals surface area contributed by atoms with E-state index >= 15 is 0 Å². The number of hydrogen-bond donors (Lipinski definition) is 4. The Balaban J connectivity index is 0.000000420. The van der Waals surface area contributed by atoms with Gasteiger partial charge in [0.05, 0.1) is 0 Å². The summed E-state index contributed by atoms with van der Waals surface area (Å²) in [4.78, 5) is 42.8. The number of aliphatic carboxylic acids is 4. The number of benzene rings is 3. The monoisotopic (exact) mass is 720 g/mol. The van der Waals surface area contributed by atoms with E-state index in [0.29, 0.717) is 0 Å². The number of carboxylic acid groups (broad SMARTS) is 4. The summed E-state index contributed by atoms with van der Waals surface area (Å²) < 4.78 is 13.5. The zero-order valence-electron chi connectivity index (χ0n) is 28.4. The summed E-state index contributed by atoms with van der Waals surface area (Å²) in [6.45, 7) is 8.42. The molecule has 2 saturated heterocycles. The Kier molecular flexibility index (Phi) is 15.2. The molecule has 2 aliphatic heterocycles. The average molecular weight is 721 g/mol. The number of piperidine rings is 1. The molecule has 0 unspecified atom stereocenters. The van der Waals surface area contributed by atoms with Crippen LogP contribution in [0.5, 0.6) is 11.5 Å². The Morgan fingerprint density at radius 2 is 1.04 bits per heavy atom. The summed E-state index contributed by atoms with van der Waals surface area (Å²) in [6.07, 6.45) is 7.57. The lowest BCUT2D eigenvalue weighted by atomic mass is 9.99. The highest BCUT2D eigenvalue weighted by Crippen LogP contribution is 2.40. The van der Waals surface area contributed by atoms with E-state index in [1.165, 1.54) is 89.9 Å². The lowest BCUT2D eigenvalue weighted by Gasteiger charge is -2.26. The van der Waals surface area contributed by atoms with Gasteiger partial charge in [0, 0.05) is 22.7 Å². The minimum absolute atomic E-state index is 0.755. The molecule has 12 nitrogen and oxygen atoms in total. The van der Waals surface area contributed by atoms with Crippen molar-refractivity contribution in [3.63, 3.8) is 0 Å². The summed E-state index contributed by atoms with van der Waals surface area (Å²) >= 11 is 1.89. The smallest absolute Gasteiger partial charge is 0.414 e. The molecule has 1 aromatic heterocycles. The largest absolute Gasteiger partial charge is 0.492 e. The number of carboxylic acids is 4. The van der Waals surface area contributed by atoms with Crippen LogP contribution in [0.15, 0.2) is 72.8 Å². The van der Waals surface area contributed by atoms with E-state index in [2.05, 4.69) is 82.6 Å². The van der Waals surface area contributed by atoms with E-state index in [4.69, 9.17) is 49.1 Å². The molecule has 2 fully saturated rings. The Morgan fingerprint density at radius 1 is 0.588 bits per heavy atom. The number of ether oxygens (including phenoxy) is 2. The van der Waals surface area contributed by atoms with Crippen molar-refractivity contribution >= 4 is 45.3 Å². The van der Waals surface area contributed by atoms with Crippen LogP contribution in [0.2, 0.25) is 0 Å². The first-order valence-corrected chi connectivity index (χ1v) is 17.7. The minimum atomic E-state index is -1.82. The molecule has 0 saturated carbocycles. The van der Waals surface area contributed by atoms with Crippen LogP contribution in [0, 0.1) is 0 Å². The molecule has 4 aromatic rings. The van der Waals surface area contributed by atoms with E-state index < -0.39 is 23.9 Å². The SMILES string of the molecule is O=C(O)C(=O)O.O=C(O)C(=O)O.c1ccc2c(Cc3ccc(OCCN4CCCCC4)cc3)c(-c3ccc(OCCN4CCCC4)cc3)sc2c1. The predicted octanol–water partition coefficient (Wildman–Crippen LogP) is 5.81. The van der Waals surface area contributed by atoms with Gasteiger partial charge in [0.15, 0.2) is 0 Å². The van der Waals surface area contributed by atoms with Gasteiger partial charge < -0.3 is 29.9 Å². The van der Waals surface area contributed by atoms with Crippen molar-refractivity contribution in [1.29, 1.82) is 0 Å². The van der Waals surface area contributed by atoms with Gasteiger partial charge in [0.2, 0.25) is 0 Å². The molecular weight excluding hydrogens is 676 g/mol. The standard InChI is InChI=1S/C34H40N2O2S.2C2H2O4/c1-4-18-35(19-5-1)22-24-37-29-14-10-27(11-15-29)26-32-31-8-2-3-9-33(31)39-34(32)28-12-16-30(17-13-28)38-25-23-36-20-6-7-21-36;2*3-1(4)2(5)6/h2-3,8-17H,1,4-7,18-26H2;2*(H,3,4)(H,5,6). The van der Waals surface area contributed by atoms with Crippen molar-refractivity contribution in [3.05, 3.63) is 83.9 Å². The Labute approximate surface area is 300 Å². The van der Waals surface area contributed by atoms with E-state index in [9.17, 15) is 0 Å². The molecule has 0 amide bonds. The highest BCUT2D eigenvalue weighted by atomic mass is 32.1. The lowest BCUT2D eigenvalue weighted by Crippen LogP contribution is -2.33. The molecule has 4 N–H and O–H groups in total. The maximum atomic E-state index is 9.10. The fourth-order valence-corrected chi connectivity index (χ4v) is 7.12. The number of carbonyl (C=O) groups is 4. The third-order valence-electron chi connectivity index (χ3n) is 8.48. The van der Waals surface area contributed by atoms with Crippen LogP contribution in [-0.4, -0.2) is 107 Å². The van der Waals surface area contributed by atoms with Crippen LogP contribution >= 0.6 is 11.3 Å². The molecule has 13 heteroatoms. The molecular formula is C38H44N2O10S. The van der Waals surface area contributed by atoms with E-state index in [0.717, 1.165) is 44.2 Å². The van der Waals surface area contributed by atoms with E-state index in [1.54, 1.807) is 0 Å². The fourth-order valence-electron chi connectivity index (χ4n) is 5.89. The van der Waals surface area contributed by atoms with Crippen molar-refractivity contribution in [2.24, 2.45) is 0 Å². The fraction of sp³-hybridized carbons (Fsp3) is 0.368.